The van der Waals surface area contributed by atoms with Gasteiger partial charge in [-0.2, -0.15) is 24.9 Å². The molecule has 0 heterocycles. The van der Waals surface area contributed by atoms with E-state index in [9.17, 15) is 22.4 Å². The van der Waals surface area contributed by atoms with E-state index < -0.39 is 29.5 Å². The molecule has 0 radical (unpaired) electrons. The monoisotopic (exact) mass is 300 g/mol. The van der Waals surface area contributed by atoms with Crippen LogP contribution >= 0.6 is 11.8 Å². The van der Waals surface area contributed by atoms with Crippen molar-refractivity contribution >= 4 is 17.7 Å². The van der Waals surface area contributed by atoms with Crippen LogP contribution in [0.4, 0.5) is 17.6 Å². The molecule has 0 aliphatic rings. The summed E-state index contributed by atoms with van der Waals surface area (Å²) in [7, 11) is 0. The van der Waals surface area contributed by atoms with Crippen LogP contribution in [0, 0.1) is 5.92 Å². The standard InChI is InChI=1S/C12H16F4O2S/c1-3-6-19-7-10(13)9(11(17)18)5-4-8(2)12(14,15)16/h4-5,8H,3,6-7H2,1-2H3,(H,17,18)/b5-4-,10-9-. The van der Waals surface area contributed by atoms with Crippen molar-refractivity contribution in [2.75, 3.05) is 11.5 Å². The van der Waals surface area contributed by atoms with Crippen LogP contribution in [0.5, 0.6) is 0 Å². The number of hydrogen-bond donors (Lipinski definition) is 1. The quantitative estimate of drug-likeness (QED) is 0.331. The number of allylic oxidation sites excluding steroid dienone is 1. The van der Waals surface area contributed by atoms with Crippen LogP contribution in [0.2, 0.25) is 0 Å². The third kappa shape index (κ3) is 7.25. The number of halogens is 4. The number of aliphatic carboxylic acids is 1. The average molecular weight is 300 g/mol. The first kappa shape index (κ1) is 18.0. The van der Waals surface area contributed by atoms with Crippen molar-refractivity contribution in [2.45, 2.75) is 26.4 Å². The average Bonchev–Trinajstić information content (AvgIpc) is 2.27. The van der Waals surface area contributed by atoms with Crippen molar-refractivity contribution < 1.29 is 27.5 Å². The van der Waals surface area contributed by atoms with E-state index in [1.165, 1.54) is 11.8 Å². The summed E-state index contributed by atoms with van der Waals surface area (Å²) in [6, 6.07) is 0. The highest BCUT2D eigenvalue weighted by atomic mass is 32.2. The van der Waals surface area contributed by atoms with Gasteiger partial charge in [-0.1, -0.05) is 19.9 Å². The zero-order valence-electron chi connectivity index (χ0n) is 10.6. The first-order valence-corrected chi connectivity index (χ1v) is 6.80. The molecule has 0 aliphatic heterocycles. The van der Waals surface area contributed by atoms with E-state index in [0.29, 0.717) is 17.9 Å². The topological polar surface area (TPSA) is 37.3 Å². The molecule has 0 rings (SSSR count). The Hall–Kier alpha value is -0.980. The summed E-state index contributed by atoms with van der Waals surface area (Å²) in [6.45, 7) is 2.76. The predicted molar refractivity (Wildman–Crippen MR) is 67.7 cm³/mol. The van der Waals surface area contributed by atoms with Crippen molar-refractivity contribution in [3.8, 4) is 0 Å². The summed E-state index contributed by atoms with van der Waals surface area (Å²) in [5, 5.41) is 8.78. The van der Waals surface area contributed by atoms with Gasteiger partial charge in [-0.3, -0.25) is 0 Å². The maximum atomic E-state index is 13.5. The van der Waals surface area contributed by atoms with E-state index >= 15 is 0 Å². The van der Waals surface area contributed by atoms with Crippen LogP contribution in [-0.4, -0.2) is 28.8 Å². The lowest BCUT2D eigenvalue weighted by molar-refractivity contribution is -0.156. The summed E-state index contributed by atoms with van der Waals surface area (Å²) < 4.78 is 50.2. The summed E-state index contributed by atoms with van der Waals surface area (Å²) in [4.78, 5) is 10.8. The third-order valence-corrected chi connectivity index (χ3v) is 3.32. The highest BCUT2D eigenvalue weighted by Crippen LogP contribution is 2.27. The molecule has 1 atom stereocenters. The number of carboxylic acids is 1. The molecule has 7 heteroatoms. The minimum atomic E-state index is -4.46. The Labute approximate surface area is 113 Å². The van der Waals surface area contributed by atoms with E-state index in [1.807, 2.05) is 6.92 Å². The SMILES string of the molecule is CCCSC/C(F)=C(\C=C/C(C)C(F)(F)F)C(=O)O. The van der Waals surface area contributed by atoms with Gasteiger partial charge in [-0.25, -0.2) is 9.18 Å². The maximum Gasteiger partial charge on any atom is 0.394 e. The van der Waals surface area contributed by atoms with Gasteiger partial charge in [-0.05, 0) is 18.2 Å². The number of alkyl halides is 3. The lowest BCUT2D eigenvalue weighted by Gasteiger charge is -2.10. The Kier molecular flexibility index (Phi) is 7.82. The van der Waals surface area contributed by atoms with Crippen LogP contribution < -0.4 is 0 Å². The zero-order chi connectivity index (χ0) is 15.1. The second-order valence-electron chi connectivity index (χ2n) is 3.87. The predicted octanol–water partition coefficient (Wildman–Crippen LogP) is 4.19. The molecule has 0 bridgehead atoms. The highest BCUT2D eigenvalue weighted by molar-refractivity contribution is 7.99. The maximum absolute atomic E-state index is 13.5. The molecular formula is C12H16F4O2S. The summed E-state index contributed by atoms with van der Waals surface area (Å²) in [5.74, 6) is -3.81. The van der Waals surface area contributed by atoms with Gasteiger partial charge in [0.05, 0.1) is 11.5 Å². The highest BCUT2D eigenvalue weighted by Gasteiger charge is 2.34. The van der Waals surface area contributed by atoms with Gasteiger partial charge in [0.2, 0.25) is 0 Å². The molecule has 0 saturated heterocycles. The number of carboxylic acid groups (broad SMARTS) is 1. The van der Waals surface area contributed by atoms with Crippen molar-refractivity contribution in [3.63, 3.8) is 0 Å². The van der Waals surface area contributed by atoms with Gasteiger partial charge in [0.15, 0.2) is 0 Å². The number of hydrogen-bond acceptors (Lipinski definition) is 2. The van der Waals surface area contributed by atoms with Crippen LogP contribution in [0.25, 0.3) is 0 Å². The number of rotatable bonds is 7. The molecule has 0 aromatic rings. The van der Waals surface area contributed by atoms with E-state index in [4.69, 9.17) is 5.11 Å². The Morgan fingerprint density at radius 2 is 2.00 bits per heavy atom. The normalized spacial score (nSPS) is 15.5. The minimum absolute atomic E-state index is 0.153. The zero-order valence-corrected chi connectivity index (χ0v) is 11.4. The molecule has 0 aromatic carbocycles. The van der Waals surface area contributed by atoms with Gasteiger partial charge in [0.1, 0.15) is 5.83 Å². The summed E-state index contributed by atoms with van der Waals surface area (Å²) >= 11 is 1.19. The fourth-order valence-electron chi connectivity index (χ4n) is 1.01. The lowest BCUT2D eigenvalue weighted by Crippen LogP contribution is -2.17. The third-order valence-electron chi connectivity index (χ3n) is 2.17. The van der Waals surface area contributed by atoms with Crippen LogP contribution in [0.3, 0.4) is 0 Å². The first-order chi connectivity index (χ1) is 8.70. The van der Waals surface area contributed by atoms with Gasteiger partial charge >= 0.3 is 12.1 Å². The molecule has 1 N–H and O–H groups in total. The Balaban J connectivity index is 4.87. The molecule has 0 spiro atoms. The molecule has 2 nitrogen and oxygen atoms in total. The second-order valence-corrected chi connectivity index (χ2v) is 4.97. The van der Waals surface area contributed by atoms with Crippen LogP contribution in [0.15, 0.2) is 23.6 Å². The largest absolute Gasteiger partial charge is 0.478 e. The molecule has 1 unspecified atom stereocenters. The van der Waals surface area contributed by atoms with Crippen molar-refractivity contribution in [1.82, 2.24) is 0 Å². The fourth-order valence-corrected chi connectivity index (χ4v) is 1.78. The van der Waals surface area contributed by atoms with Crippen LogP contribution in [-0.2, 0) is 4.79 Å². The van der Waals surface area contributed by atoms with Gasteiger partial charge in [-0.15, -0.1) is 0 Å². The van der Waals surface area contributed by atoms with Crippen molar-refractivity contribution in [3.05, 3.63) is 23.6 Å². The molecule has 0 fully saturated rings. The summed E-state index contributed by atoms with van der Waals surface area (Å²) in [5.41, 5.74) is -0.722. The molecule has 110 valence electrons. The van der Waals surface area contributed by atoms with Crippen molar-refractivity contribution in [2.24, 2.45) is 5.92 Å². The van der Waals surface area contributed by atoms with Crippen LogP contribution in [0.1, 0.15) is 20.3 Å². The smallest absolute Gasteiger partial charge is 0.394 e. The first-order valence-electron chi connectivity index (χ1n) is 5.64. The van der Waals surface area contributed by atoms with E-state index in [-0.39, 0.29) is 5.75 Å². The lowest BCUT2D eigenvalue weighted by atomic mass is 10.1. The molecular weight excluding hydrogens is 284 g/mol. The summed E-state index contributed by atoms with van der Waals surface area (Å²) in [6.07, 6.45) is -2.33. The molecule has 0 amide bonds. The van der Waals surface area contributed by atoms with E-state index in [0.717, 1.165) is 13.3 Å². The second kappa shape index (κ2) is 8.24. The van der Waals surface area contributed by atoms with Gasteiger partial charge < -0.3 is 5.11 Å². The van der Waals surface area contributed by atoms with Gasteiger partial charge in [0, 0.05) is 5.75 Å². The molecule has 19 heavy (non-hydrogen) atoms. The Morgan fingerprint density at radius 1 is 1.42 bits per heavy atom. The van der Waals surface area contributed by atoms with Crippen molar-refractivity contribution in [1.29, 1.82) is 0 Å². The fraction of sp³-hybridized carbons (Fsp3) is 0.583. The molecule has 0 saturated carbocycles. The Bertz CT molecular complexity index is 361. The van der Waals surface area contributed by atoms with Gasteiger partial charge in [0.25, 0.3) is 0 Å². The Morgan fingerprint density at radius 3 is 2.42 bits per heavy atom. The minimum Gasteiger partial charge on any atom is -0.478 e. The van der Waals surface area contributed by atoms with E-state index in [1.54, 1.807) is 0 Å². The molecule has 0 aromatic heterocycles. The molecule has 0 aliphatic carbocycles. The number of carbonyl (C=O) groups is 1. The number of thioether (sulfide) groups is 1. The van der Waals surface area contributed by atoms with E-state index in [2.05, 4.69) is 0 Å².